The highest BCUT2D eigenvalue weighted by atomic mass is 35.5. The molecule has 1 fully saturated rings. The molecule has 0 aromatic heterocycles. The molecule has 1 aliphatic heterocycles. The largest absolute Gasteiger partial charge is 0.355 e. The highest BCUT2D eigenvalue weighted by Gasteiger charge is 2.51. The van der Waals surface area contributed by atoms with Gasteiger partial charge in [-0.15, -0.1) is 0 Å². The maximum absolute atomic E-state index is 12.7. The van der Waals surface area contributed by atoms with Crippen molar-refractivity contribution in [2.45, 2.75) is 45.6 Å². The van der Waals surface area contributed by atoms with E-state index in [9.17, 15) is 14.4 Å². The topological polar surface area (TPSA) is 66.5 Å². The summed E-state index contributed by atoms with van der Waals surface area (Å²) in [5, 5.41) is 3.84. The molecule has 0 bridgehead atoms. The van der Waals surface area contributed by atoms with Gasteiger partial charge in [0, 0.05) is 13.6 Å². The van der Waals surface area contributed by atoms with Crippen LogP contribution in [0, 0.1) is 11.8 Å². The Kier molecular flexibility index (Phi) is 7.68. The van der Waals surface area contributed by atoms with Crippen molar-refractivity contribution >= 4 is 40.8 Å². The van der Waals surface area contributed by atoms with Crippen LogP contribution in [0.2, 0.25) is 10.0 Å². The second-order valence-corrected chi connectivity index (χ2v) is 7.78. The van der Waals surface area contributed by atoms with Crippen LogP contribution in [0.5, 0.6) is 0 Å². The molecule has 1 N–H and O–H groups in total. The molecule has 2 rings (SSSR count). The highest BCUT2D eigenvalue weighted by molar-refractivity contribution is 6.43. The lowest BCUT2D eigenvalue weighted by atomic mass is 9.84. The van der Waals surface area contributed by atoms with Gasteiger partial charge in [0.1, 0.15) is 5.92 Å². The fraction of sp³-hybridized carbons (Fsp3) is 0.550. The van der Waals surface area contributed by atoms with E-state index in [1.165, 1.54) is 4.90 Å². The summed E-state index contributed by atoms with van der Waals surface area (Å²) in [5.41, 5.74) is 1.03. The molecule has 1 aliphatic rings. The van der Waals surface area contributed by atoms with Gasteiger partial charge in [0.2, 0.25) is 11.7 Å². The number of benzene rings is 1. The Bertz CT molecular complexity index is 719. The van der Waals surface area contributed by atoms with Crippen LogP contribution in [-0.2, 0) is 20.8 Å². The monoisotopic (exact) mass is 412 g/mol. The van der Waals surface area contributed by atoms with Crippen molar-refractivity contribution in [3.05, 3.63) is 33.8 Å². The minimum Gasteiger partial charge on any atom is -0.355 e. The number of aryl methyl sites for hydroxylation is 1. The molecule has 1 heterocycles. The number of nitrogens with zero attached hydrogens (tertiary/aromatic N) is 1. The Morgan fingerprint density at radius 2 is 1.85 bits per heavy atom. The zero-order valence-corrected chi connectivity index (χ0v) is 17.4. The van der Waals surface area contributed by atoms with Gasteiger partial charge in [-0.1, -0.05) is 56.0 Å². The van der Waals surface area contributed by atoms with Gasteiger partial charge in [0.05, 0.1) is 16.1 Å². The molecule has 0 saturated carbocycles. The van der Waals surface area contributed by atoms with Crippen LogP contribution in [0.25, 0.3) is 0 Å². The quantitative estimate of drug-likeness (QED) is 0.403. The SMILES string of the molecule is CCC(CC)C1C(C(=O)NCCCc2ccc(Cl)c(Cl)c2)C(=O)C(=O)N1C. The Morgan fingerprint density at radius 1 is 1.19 bits per heavy atom. The molecule has 0 aliphatic carbocycles. The van der Waals surface area contributed by atoms with Crippen molar-refractivity contribution in [3.63, 3.8) is 0 Å². The first-order valence-corrected chi connectivity index (χ1v) is 10.1. The van der Waals surface area contributed by atoms with E-state index in [4.69, 9.17) is 23.2 Å². The Hall–Kier alpha value is -1.59. The number of likely N-dealkylation sites (N-methyl/N-ethyl adjacent to an activating group) is 1. The zero-order chi connectivity index (χ0) is 20.1. The molecule has 2 unspecified atom stereocenters. The van der Waals surface area contributed by atoms with Crippen LogP contribution in [0.4, 0.5) is 0 Å². The lowest BCUT2D eigenvalue weighted by Crippen LogP contribution is -2.44. The van der Waals surface area contributed by atoms with Gasteiger partial charge in [-0.05, 0) is 36.5 Å². The number of hydrogen-bond acceptors (Lipinski definition) is 3. The number of hydrogen-bond donors (Lipinski definition) is 1. The maximum atomic E-state index is 12.7. The fourth-order valence-corrected chi connectivity index (χ4v) is 4.09. The van der Waals surface area contributed by atoms with Gasteiger partial charge < -0.3 is 10.2 Å². The number of carbonyl (C=O) groups is 3. The van der Waals surface area contributed by atoms with E-state index in [0.29, 0.717) is 23.0 Å². The minimum atomic E-state index is -0.919. The van der Waals surface area contributed by atoms with Crippen molar-refractivity contribution < 1.29 is 14.4 Å². The van der Waals surface area contributed by atoms with E-state index in [0.717, 1.165) is 24.8 Å². The van der Waals surface area contributed by atoms with Gasteiger partial charge >= 0.3 is 0 Å². The van der Waals surface area contributed by atoms with Crippen molar-refractivity contribution in [1.82, 2.24) is 10.2 Å². The highest BCUT2D eigenvalue weighted by Crippen LogP contribution is 2.31. The summed E-state index contributed by atoms with van der Waals surface area (Å²) in [4.78, 5) is 38.6. The molecule has 1 aromatic carbocycles. The van der Waals surface area contributed by atoms with E-state index in [2.05, 4.69) is 5.32 Å². The van der Waals surface area contributed by atoms with E-state index in [-0.39, 0.29) is 17.9 Å². The minimum absolute atomic E-state index is 0.123. The van der Waals surface area contributed by atoms with Gasteiger partial charge in [-0.3, -0.25) is 14.4 Å². The molecule has 148 valence electrons. The molecule has 0 radical (unpaired) electrons. The fourth-order valence-electron chi connectivity index (χ4n) is 3.76. The van der Waals surface area contributed by atoms with Crippen molar-refractivity contribution in [2.24, 2.45) is 11.8 Å². The molecule has 27 heavy (non-hydrogen) atoms. The summed E-state index contributed by atoms with van der Waals surface area (Å²) >= 11 is 11.9. The molecule has 2 atom stereocenters. The molecule has 0 spiro atoms. The average Bonchev–Trinajstić information content (AvgIpc) is 2.87. The maximum Gasteiger partial charge on any atom is 0.290 e. The molecule has 7 heteroatoms. The number of halogens is 2. The first kappa shape index (κ1) is 21.7. The van der Waals surface area contributed by atoms with Gasteiger partial charge in [-0.2, -0.15) is 0 Å². The third-order valence-corrected chi connectivity index (χ3v) is 6.08. The Labute approximate surface area is 170 Å². The van der Waals surface area contributed by atoms with Crippen LogP contribution in [0.3, 0.4) is 0 Å². The van der Waals surface area contributed by atoms with Crippen LogP contribution in [0.1, 0.15) is 38.7 Å². The summed E-state index contributed by atoms with van der Waals surface area (Å²) in [7, 11) is 1.61. The van der Waals surface area contributed by atoms with Crippen LogP contribution in [0.15, 0.2) is 18.2 Å². The lowest BCUT2D eigenvalue weighted by Gasteiger charge is -2.30. The normalized spacial score (nSPS) is 19.9. The number of rotatable bonds is 8. The number of Topliss-reactive ketones (excluding diaryl/α,β-unsaturated/α-hetero) is 1. The summed E-state index contributed by atoms with van der Waals surface area (Å²) in [6.45, 7) is 4.46. The third-order valence-electron chi connectivity index (χ3n) is 5.34. The zero-order valence-electron chi connectivity index (χ0n) is 15.9. The molecular weight excluding hydrogens is 387 g/mol. The summed E-state index contributed by atoms with van der Waals surface area (Å²) < 4.78 is 0. The van der Waals surface area contributed by atoms with Crippen LogP contribution in [-0.4, -0.2) is 42.1 Å². The van der Waals surface area contributed by atoms with E-state index in [1.54, 1.807) is 13.1 Å². The number of amides is 2. The number of carbonyl (C=O) groups excluding carboxylic acids is 3. The average molecular weight is 413 g/mol. The van der Waals surface area contributed by atoms with Gasteiger partial charge in [-0.25, -0.2) is 0 Å². The van der Waals surface area contributed by atoms with Gasteiger partial charge in [0.15, 0.2) is 0 Å². The number of nitrogens with one attached hydrogen (secondary N) is 1. The lowest BCUT2D eigenvalue weighted by molar-refractivity contribution is -0.142. The van der Waals surface area contributed by atoms with E-state index < -0.39 is 17.6 Å². The first-order valence-electron chi connectivity index (χ1n) is 9.34. The first-order chi connectivity index (χ1) is 12.8. The summed E-state index contributed by atoms with van der Waals surface area (Å²) in [6, 6.07) is 5.09. The molecular formula is C20H26Cl2N2O3. The molecule has 2 amide bonds. The predicted octanol–water partition coefficient (Wildman–Crippen LogP) is 3.50. The van der Waals surface area contributed by atoms with Gasteiger partial charge in [0.25, 0.3) is 5.91 Å². The second-order valence-electron chi connectivity index (χ2n) is 6.97. The van der Waals surface area contributed by atoms with E-state index in [1.807, 2.05) is 26.0 Å². The second kappa shape index (κ2) is 9.56. The van der Waals surface area contributed by atoms with E-state index >= 15 is 0 Å². The molecule has 1 saturated heterocycles. The van der Waals surface area contributed by atoms with Crippen LogP contribution >= 0.6 is 23.2 Å². The van der Waals surface area contributed by atoms with Crippen molar-refractivity contribution in [1.29, 1.82) is 0 Å². The number of likely N-dealkylation sites (tertiary alicyclic amines) is 1. The molecule has 5 nitrogen and oxygen atoms in total. The summed E-state index contributed by atoms with van der Waals surface area (Å²) in [5.74, 6) is -2.32. The van der Waals surface area contributed by atoms with Crippen LogP contribution < -0.4 is 5.32 Å². The third kappa shape index (κ3) is 4.82. The Morgan fingerprint density at radius 3 is 2.44 bits per heavy atom. The molecule has 1 aromatic rings. The smallest absolute Gasteiger partial charge is 0.290 e. The predicted molar refractivity (Wildman–Crippen MR) is 107 cm³/mol. The Balaban J connectivity index is 1.95. The van der Waals surface area contributed by atoms with Crippen molar-refractivity contribution in [3.8, 4) is 0 Å². The number of ketones is 1. The standard InChI is InChI=1S/C20H26Cl2N2O3/c1-4-13(5-2)17-16(18(25)20(27)24(17)3)19(26)23-10-6-7-12-8-9-14(21)15(22)11-12/h8-9,11,13,16-17H,4-7,10H2,1-3H3,(H,23,26). The summed E-state index contributed by atoms with van der Waals surface area (Å²) in [6.07, 6.45) is 3.05. The van der Waals surface area contributed by atoms with Crippen molar-refractivity contribution in [2.75, 3.05) is 13.6 Å².